The summed E-state index contributed by atoms with van der Waals surface area (Å²) in [5.74, 6) is -1.56. The van der Waals surface area contributed by atoms with E-state index in [9.17, 15) is 19.2 Å². The average molecular weight is 317 g/mol. The van der Waals surface area contributed by atoms with Crippen LogP contribution in [0.4, 0.5) is 0 Å². The normalized spacial score (nSPS) is 14.6. The number of benzene rings is 1. The smallest absolute Gasteiger partial charge is 0.329 e. The van der Waals surface area contributed by atoms with Crippen LogP contribution in [0.3, 0.4) is 0 Å². The van der Waals surface area contributed by atoms with Gasteiger partial charge in [-0.3, -0.25) is 19.3 Å². The monoisotopic (exact) mass is 317 g/mol. The van der Waals surface area contributed by atoms with Crippen LogP contribution >= 0.6 is 0 Å². The fraction of sp³-hybridized carbons (Fsp3) is 0.412. The molecule has 0 saturated carbocycles. The number of methoxy groups -OCH3 is 1. The summed E-state index contributed by atoms with van der Waals surface area (Å²) in [5, 5.41) is 0. The lowest BCUT2D eigenvalue weighted by molar-refractivity contribution is -0.145. The molecule has 0 aromatic heterocycles. The molecular weight excluding hydrogens is 298 g/mol. The minimum absolute atomic E-state index is 0.0796. The molecule has 2 amide bonds. The van der Waals surface area contributed by atoms with Gasteiger partial charge in [0.1, 0.15) is 11.8 Å². The van der Waals surface area contributed by atoms with Gasteiger partial charge in [0.15, 0.2) is 0 Å². The molecule has 1 aromatic rings. The van der Waals surface area contributed by atoms with Crippen molar-refractivity contribution in [3.8, 4) is 0 Å². The van der Waals surface area contributed by atoms with Crippen LogP contribution in [0.1, 0.15) is 53.3 Å². The van der Waals surface area contributed by atoms with Crippen LogP contribution in [0, 0.1) is 0 Å². The van der Waals surface area contributed by atoms with E-state index in [1.54, 1.807) is 31.2 Å². The van der Waals surface area contributed by atoms with Gasteiger partial charge < -0.3 is 4.74 Å². The summed E-state index contributed by atoms with van der Waals surface area (Å²) in [6.07, 6.45) is 1.37. The predicted octanol–water partition coefficient (Wildman–Crippen LogP) is 1.97. The SMILES string of the molecule is CCC(=O)CCCC(C(=O)OC)N1C(=O)c2ccccc2C1=O. The fourth-order valence-electron chi connectivity index (χ4n) is 2.65. The van der Waals surface area contributed by atoms with E-state index in [4.69, 9.17) is 4.74 Å². The largest absolute Gasteiger partial charge is 0.467 e. The Bertz CT molecular complexity index is 617. The third-order valence-electron chi connectivity index (χ3n) is 3.94. The highest BCUT2D eigenvalue weighted by atomic mass is 16.5. The zero-order chi connectivity index (χ0) is 17.0. The van der Waals surface area contributed by atoms with Gasteiger partial charge in [-0.05, 0) is 25.0 Å². The van der Waals surface area contributed by atoms with Crippen LogP contribution in [-0.4, -0.2) is 41.6 Å². The van der Waals surface area contributed by atoms with Crippen molar-refractivity contribution >= 4 is 23.6 Å². The van der Waals surface area contributed by atoms with Crippen molar-refractivity contribution in [2.24, 2.45) is 0 Å². The molecule has 23 heavy (non-hydrogen) atoms. The molecule has 0 radical (unpaired) electrons. The Morgan fingerprint density at radius 3 is 2.17 bits per heavy atom. The van der Waals surface area contributed by atoms with Crippen molar-refractivity contribution in [3.63, 3.8) is 0 Å². The van der Waals surface area contributed by atoms with Gasteiger partial charge in [0.2, 0.25) is 0 Å². The lowest BCUT2D eigenvalue weighted by atomic mass is 10.1. The van der Waals surface area contributed by atoms with E-state index >= 15 is 0 Å². The number of fused-ring (bicyclic) bond motifs is 1. The molecule has 0 fully saturated rings. The van der Waals surface area contributed by atoms with E-state index in [0.29, 0.717) is 19.3 Å². The van der Waals surface area contributed by atoms with Crippen LogP contribution in [0.15, 0.2) is 24.3 Å². The number of nitrogens with zero attached hydrogens (tertiary/aromatic N) is 1. The first kappa shape index (κ1) is 16.9. The molecular formula is C17H19NO5. The van der Waals surface area contributed by atoms with Gasteiger partial charge in [0.25, 0.3) is 11.8 Å². The maximum Gasteiger partial charge on any atom is 0.329 e. The van der Waals surface area contributed by atoms with Crippen LogP contribution < -0.4 is 0 Å². The Balaban J connectivity index is 2.20. The number of Topliss-reactive ketones (excluding diaryl/α,β-unsaturated/α-hetero) is 1. The highest BCUT2D eigenvalue weighted by molar-refractivity contribution is 6.22. The molecule has 1 aliphatic rings. The molecule has 1 heterocycles. The fourth-order valence-corrected chi connectivity index (χ4v) is 2.65. The molecule has 1 unspecified atom stereocenters. The Kier molecular flexibility index (Phi) is 5.26. The van der Waals surface area contributed by atoms with Crippen LogP contribution in [0.5, 0.6) is 0 Å². The second-order valence-corrected chi connectivity index (χ2v) is 5.35. The summed E-state index contributed by atoms with van der Waals surface area (Å²) >= 11 is 0. The van der Waals surface area contributed by atoms with E-state index < -0.39 is 23.8 Å². The third-order valence-corrected chi connectivity index (χ3v) is 3.94. The third kappa shape index (κ3) is 3.31. The van der Waals surface area contributed by atoms with Crippen molar-refractivity contribution in [2.75, 3.05) is 7.11 Å². The van der Waals surface area contributed by atoms with E-state index in [2.05, 4.69) is 0 Å². The summed E-state index contributed by atoms with van der Waals surface area (Å²) in [6, 6.07) is 5.45. The number of rotatable bonds is 7. The number of hydrogen-bond acceptors (Lipinski definition) is 5. The molecule has 2 rings (SSSR count). The number of ether oxygens (including phenoxy) is 1. The summed E-state index contributed by atoms with van der Waals surface area (Å²) in [7, 11) is 1.21. The molecule has 0 saturated heterocycles. The number of imide groups is 1. The minimum Gasteiger partial charge on any atom is -0.467 e. The number of carbonyl (C=O) groups excluding carboxylic acids is 4. The molecule has 1 aliphatic heterocycles. The Morgan fingerprint density at radius 1 is 1.13 bits per heavy atom. The van der Waals surface area contributed by atoms with Crippen molar-refractivity contribution in [3.05, 3.63) is 35.4 Å². The van der Waals surface area contributed by atoms with Crippen LogP contribution in [0.25, 0.3) is 0 Å². The van der Waals surface area contributed by atoms with E-state index in [0.717, 1.165) is 4.90 Å². The van der Waals surface area contributed by atoms with Gasteiger partial charge in [-0.25, -0.2) is 4.79 Å². The van der Waals surface area contributed by atoms with Crippen molar-refractivity contribution in [2.45, 2.75) is 38.6 Å². The topological polar surface area (TPSA) is 80.8 Å². The van der Waals surface area contributed by atoms with Crippen molar-refractivity contribution in [1.82, 2.24) is 4.90 Å². The minimum atomic E-state index is -1.00. The molecule has 0 spiro atoms. The molecule has 1 aromatic carbocycles. The summed E-state index contributed by atoms with van der Waals surface area (Å²) < 4.78 is 4.73. The highest BCUT2D eigenvalue weighted by Crippen LogP contribution is 2.26. The summed E-state index contributed by atoms with van der Waals surface area (Å²) in [5.41, 5.74) is 0.576. The molecule has 0 bridgehead atoms. The van der Waals surface area contributed by atoms with Gasteiger partial charge in [-0.15, -0.1) is 0 Å². The van der Waals surface area contributed by atoms with Gasteiger partial charge in [0.05, 0.1) is 18.2 Å². The van der Waals surface area contributed by atoms with Crippen LogP contribution in [0.2, 0.25) is 0 Å². The molecule has 6 heteroatoms. The Hall–Kier alpha value is -2.50. The van der Waals surface area contributed by atoms with Crippen molar-refractivity contribution in [1.29, 1.82) is 0 Å². The number of ketones is 1. The second kappa shape index (κ2) is 7.17. The van der Waals surface area contributed by atoms with E-state index in [-0.39, 0.29) is 23.3 Å². The molecule has 1 atom stereocenters. The molecule has 0 aliphatic carbocycles. The lowest BCUT2D eigenvalue weighted by Crippen LogP contribution is -2.45. The number of hydrogen-bond donors (Lipinski definition) is 0. The van der Waals surface area contributed by atoms with Gasteiger partial charge >= 0.3 is 5.97 Å². The Morgan fingerprint density at radius 2 is 1.70 bits per heavy atom. The molecule has 122 valence electrons. The number of carbonyl (C=O) groups is 4. The number of amides is 2. The maximum atomic E-state index is 12.5. The Labute approximate surface area is 134 Å². The van der Waals surface area contributed by atoms with E-state index in [1.807, 2.05) is 0 Å². The van der Waals surface area contributed by atoms with Crippen molar-refractivity contribution < 1.29 is 23.9 Å². The first-order valence-corrected chi connectivity index (χ1v) is 7.57. The van der Waals surface area contributed by atoms with Gasteiger partial charge in [0, 0.05) is 12.8 Å². The first-order valence-electron chi connectivity index (χ1n) is 7.57. The van der Waals surface area contributed by atoms with E-state index in [1.165, 1.54) is 7.11 Å². The second-order valence-electron chi connectivity index (χ2n) is 5.35. The zero-order valence-corrected chi connectivity index (χ0v) is 13.2. The quantitative estimate of drug-likeness (QED) is 0.567. The van der Waals surface area contributed by atoms with Crippen LogP contribution in [-0.2, 0) is 14.3 Å². The zero-order valence-electron chi connectivity index (χ0n) is 13.2. The predicted molar refractivity (Wildman–Crippen MR) is 81.9 cm³/mol. The summed E-state index contributed by atoms with van der Waals surface area (Å²) in [6.45, 7) is 1.77. The van der Waals surface area contributed by atoms with Gasteiger partial charge in [-0.1, -0.05) is 19.1 Å². The average Bonchev–Trinajstić information content (AvgIpc) is 2.82. The molecule has 0 N–H and O–H groups in total. The standard InChI is InChI=1S/C17H19NO5/c1-3-11(19)7-6-10-14(17(22)23-2)18-15(20)12-8-4-5-9-13(12)16(18)21/h4-5,8-9,14H,3,6-7,10H2,1-2H3. The summed E-state index contributed by atoms with van der Waals surface area (Å²) in [4.78, 5) is 49.3. The number of esters is 1. The molecule has 6 nitrogen and oxygen atoms in total. The highest BCUT2D eigenvalue weighted by Gasteiger charge is 2.42. The maximum absolute atomic E-state index is 12.5. The van der Waals surface area contributed by atoms with Gasteiger partial charge in [-0.2, -0.15) is 0 Å². The lowest BCUT2D eigenvalue weighted by Gasteiger charge is -2.23. The first-order chi connectivity index (χ1) is 11.0.